The number of aliphatic hydroxyl groups is 1. The molecule has 2 unspecified atom stereocenters. The van der Waals surface area contributed by atoms with Gasteiger partial charge in [-0.1, -0.05) is 6.92 Å². The van der Waals surface area contributed by atoms with E-state index in [4.69, 9.17) is 18.7 Å². The number of nitrogens with one attached hydrogen (secondary N) is 1. The standard InChI is InChI=1S/C19H38NO7P/c1-11(2)24-10-18-16(8-14(6)27-18)20-28(22,23)25-9-15-17(26-12(3)4)7-13(5)19(15)21/h11-19,21H,7-10H2,1-6H3,(H2,20,22,23)/t13-,14-,15+,16+,17+,18+,19?/m0/s1. The van der Waals surface area contributed by atoms with Crippen LogP contribution in [0.2, 0.25) is 0 Å². The van der Waals surface area contributed by atoms with Crippen LogP contribution in [0.5, 0.6) is 0 Å². The van der Waals surface area contributed by atoms with E-state index >= 15 is 0 Å². The van der Waals surface area contributed by atoms with E-state index in [9.17, 15) is 14.6 Å². The first kappa shape index (κ1) is 24.2. The molecule has 1 saturated carbocycles. The van der Waals surface area contributed by atoms with Crippen LogP contribution >= 0.6 is 7.75 Å². The number of hydrogen-bond acceptors (Lipinski definition) is 6. The van der Waals surface area contributed by atoms with Crippen molar-refractivity contribution < 1.29 is 33.3 Å². The Morgan fingerprint density at radius 3 is 2.43 bits per heavy atom. The van der Waals surface area contributed by atoms with E-state index in [0.717, 1.165) is 0 Å². The van der Waals surface area contributed by atoms with Crippen LogP contribution in [0.3, 0.4) is 0 Å². The lowest BCUT2D eigenvalue weighted by molar-refractivity contribution is -0.0449. The topological polar surface area (TPSA) is 106 Å². The summed E-state index contributed by atoms with van der Waals surface area (Å²) in [5.74, 6) is -0.275. The average Bonchev–Trinajstić information content (AvgIpc) is 3.02. The van der Waals surface area contributed by atoms with E-state index in [1.807, 2.05) is 41.5 Å². The highest BCUT2D eigenvalue weighted by Crippen LogP contribution is 2.43. The lowest BCUT2D eigenvalue weighted by Gasteiger charge is -2.27. The predicted molar refractivity (Wildman–Crippen MR) is 106 cm³/mol. The minimum atomic E-state index is -4.06. The van der Waals surface area contributed by atoms with E-state index in [0.29, 0.717) is 19.4 Å². The molecule has 0 amide bonds. The van der Waals surface area contributed by atoms with Gasteiger partial charge in [0.25, 0.3) is 0 Å². The van der Waals surface area contributed by atoms with Crippen molar-refractivity contribution in [2.75, 3.05) is 13.2 Å². The summed E-state index contributed by atoms with van der Waals surface area (Å²) >= 11 is 0. The second-order valence-corrected chi connectivity index (χ2v) is 10.3. The lowest BCUT2D eigenvalue weighted by Crippen LogP contribution is -2.39. The molecule has 8 atom stereocenters. The van der Waals surface area contributed by atoms with Gasteiger partial charge in [-0.25, -0.2) is 9.65 Å². The van der Waals surface area contributed by atoms with Crippen LogP contribution < -0.4 is 5.09 Å². The molecule has 28 heavy (non-hydrogen) atoms. The van der Waals surface area contributed by atoms with Crippen LogP contribution in [0.15, 0.2) is 0 Å². The van der Waals surface area contributed by atoms with E-state index in [1.54, 1.807) is 0 Å². The molecule has 1 aliphatic heterocycles. The summed E-state index contributed by atoms with van der Waals surface area (Å²) in [4.78, 5) is 10.3. The van der Waals surface area contributed by atoms with Crippen LogP contribution in [-0.4, -0.2) is 65.9 Å². The Bertz CT molecular complexity index is 530. The molecule has 1 aliphatic carbocycles. The van der Waals surface area contributed by atoms with Crippen molar-refractivity contribution in [2.24, 2.45) is 11.8 Å². The fourth-order valence-corrected chi connectivity index (χ4v) is 5.14. The van der Waals surface area contributed by atoms with Crippen LogP contribution in [0.25, 0.3) is 0 Å². The first-order valence-corrected chi connectivity index (χ1v) is 11.9. The summed E-state index contributed by atoms with van der Waals surface area (Å²) in [6.07, 6.45) is 0.235. The minimum absolute atomic E-state index is 0.0166. The Morgan fingerprint density at radius 1 is 1.14 bits per heavy atom. The predicted octanol–water partition coefficient (Wildman–Crippen LogP) is 2.47. The van der Waals surface area contributed by atoms with Gasteiger partial charge in [-0.3, -0.25) is 4.52 Å². The summed E-state index contributed by atoms with van der Waals surface area (Å²) in [5.41, 5.74) is 0. The second kappa shape index (κ2) is 10.3. The molecule has 8 nitrogen and oxygen atoms in total. The molecule has 0 spiro atoms. The number of hydrogen-bond donors (Lipinski definition) is 3. The fraction of sp³-hybridized carbons (Fsp3) is 1.00. The summed E-state index contributed by atoms with van der Waals surface area (Å²) in [5, 5.41) is 13.2. The maximum Gasteiger partial charge on any atom is 0.403 e. The molecule has 2 aliphatic rings. The van der Waals surface area contributed by atoms with Gasteiger partial charge in [-0.2, -0.15) is 0 Å². The van der Waals surface area contributed by atoms with Gasteiger partial charge < -0.3 is 24.2 Å². The highest BCUT2D eigenvalue weighted by Gasteiger charge is 2.43. The number of aliphatic hydroxyl groups excluding tert-OH is 1. The second-order valence-electron chi connectivity index (χ2n) is 8.75. The van der Waals surface area contributed by atoms with Gasteiger partial charge in [-0.15, -0.1) is 0 Å². The minimum Gasteiger partial charge on any atom is -0.392 e. The number of ether oxygens (including phenoxy) is 3. The third-order valence-corrected chi connectivity index (χ3v) is 6.51. The maximum atomic E-state index is 12.6. The van der Waals surface area contributed by atoms with E-state index in [-0.39, 0.29) is 55.0 Å². The van der Waals surface area contributed by atoms with Crippen molar-refractivity contribution in [2.45, 2.75) is 97.0 Å². The average molecular weight is 423 g/mol. The van der Waals surface area contributed by atoms with Crippen molar-refractivity contribution in [1.29, 1.82) is 0 Å². The van der Waals surface area contributed by atoms with Crippen molar-refractivity contribution in [3.8, 4) is 0 Å². The summed E-state index contributed by atoms with van der Waals surface area (Å²) in [7, 11) is -4.06. The Kier molecular flexibility index (Phi) is 8.92. The normalized spacial score (nSPS) is 38.4. The molecular weight excluding hydrogens is 385 g/mol. The monoisotopic (exact) mass is 423 g/mol. The lowest BCUT2D eigenvalue weighted by atomic mass is 10.0. The molecule has 0 aromatic carbocycles. The summed E-state index contributed by atoms with van der Waals surface area (Å²) < 4.78 is 35.3. The zero-order chi connectivity index (χ0) is 21.1. The summed E-state index contributed by atoms with van der Waals surface area (Å²) in [6.45, 7) is 11.9. The number of rotatable bonds is 10. The summed E-state index contributed by atoms with van der Waals surface area (Å²) in [6, 6.07) is -0.334. The molecule has 0 aromatic rings. The zero-order valence-electron chi connectivity index (χ0n) is 17.9. The van der Waals surface area contributed by atoms with Gasteiger partial charge in [0.2, 0.25) is 0 Å². The SMILES string of the molecule is CC(C)OC[C@H]1O[C@@H](C)C[C@H]1NP(=O)(O)OC[C@H]1C(O)[C@@H](C)C[C@H]1OC(C)C. The van der Waals surface area contributed by atoms with Gasteiger partial charge >= 0.3 is 7.75 Å². The molecule has 0 bridgehead atoms. The van der Waals surface area contributed by atoms with E-state index in [2.05, 4.69) is 5.09 Å². The van der Waals surface area contributed by atoms with Gasteiger partial charge in [0, 0.05) is 12.0 Å². The Hall–Kier alpha value is -0.0500. The van der Waals surface area contributed by atoms with Crippen LogP contribution in [0, 0.1) is 11.8 Å². The zero-order valence-corrected chi connectivity index (χ0v) is 18.8. The quantitative estimate of drug-likeness (QED) is 0.460. The highest BCUT2D eigenvalue weighted by molar-refractivity contribution is 7.50. The molecule has 0 aromatic heterocycles. The molecule has 1 saturated heterocycles. The molecule has 2 rings (SSSR count). The first-order chi connectivity index (χ1) is 13.0. The van der Waals surface area contributed by atoms with Gasteiger partial charge in [-0.05, 0) is 53.4 Å². The van der Waals surface area contributed by atoms with E-state index in [1.165, 1.54) is 0 Å². The maximum absolute atomic E-state index is 12.6. The van der Waals surface area contributed by atoms with Crippen molar-refractivity contribution >= 4 is 7.75 Å². The van der Waals surface area contributed by atoms with Crippen molar-refractivity contribution in [3.63, 3.8) is 0 Å². The highest BCUT2D eigenvalue weighted by atomic mass is 31.2. The van der Waals surface area contributed by atoms with Gasteiger partial charge in [0.05, 0.1) is 49.8 Å². The largest absolute Gasteiger partial charge is 0.403 e. The van der Waals surface area contributed by atoms with Gasteiger partial charge in [0.1, 0.15) is 0 Å². The molecule has 9 heteroatoms. The smallest absolute Gasteiger partial charge is 0.392 e. The Morgan fingerprint density at radius 2 is 1.82 bits per heavy atom. The molecule has 1 heterocycles. The van der Waals surface area contributed by atoms with Crippen LogP contribution in [0.1, 0.15) is 54.4 Å². The van der Waals surface area contributed by atoms with Crippen molar-refractivity contribution in [3.05, 3.63) is 0 Å². The first-order valence-electron chi connectivity index (χ1n) is 10.3. The molecule has 166 valence electrons. The third kappa shape index (κ3) is 7.03. The van der Waals surface area contributed by atoms with Crippen LogP contribution in [-0.2, 0) is 23.3 Å². The van der Waals surface area contributed by atoms with E-state index < -0.39 is 13.9 Å². The third-order valence-electron chi connectivity index (χ3n) is 5.36. The Balaban J connectivity index is 1.92. The molecular formula is C19H38NO7P. The Labute approximate surface area is 168 Å². The molecule has 2 fully saturated rings. The molecule has 0 radical (unpaired) electrons. The molecule has 3 N–H and O–H groups in total. The fourth-order valence-electron chi connectivity index (χ4n) is 4.01. The van der Waals surface area contributed by atoms with Crippen LogP contribution in [0.4, 0.5) is 0 Å². The van der Waals surface area contributed by atoms with Crippen molar-refractivity contribution in [1.82, 2.24) is 5.09 Å². The van der Waals surface area contributed by atoms with Gasteiger partial charge in [0.15, 0.2) is 0 Å².